The third-order valence-electron chi connectivity index (χ3n) is 2.78. The number of amides is 1. The normalized spacial score (nSPS) is 17.5. The minimum Gasteiger partial charge on any atom is -0.344 e. The van der Waals surface area contributed by atoms with Gasteiger partial charge in [-0.3, -0.25) is 9.69 Å². The summed E-state index contributed by atoms with van der Waals surface area (Å²) >= 11 is 0. The predicted octanol–water partition coefficient (Wildman–Crippen LogP) is -0.346. The number of nitrogens with zero attached hydrogens (tertiary/aromatic N) is 3. The Morgan fingerprint density at radius 3 is 3.06 bits per heavy atom. The Hall–Kier alpha value is -1.12. The maximum atomic E-state index is 11.8. The second-order valence-corrected chi connectivity index (χ2v) is 4.10. The average molecular weight is 224 g/mol. The molecule has 0 aromatic rings. The highest BCUT2D eigenvalue weighted by Gasteiger charge is 2.15. The Morgan fingerprint density at radius 2 is 2.31 bits per heavy atom. The van der Waals surface area contributed by atoms with Crippen LogP contribution in [0.1, 0.15) is 12.8 Å². The van der Waals surface area contributed by atoms with Gasteiger partial charge in [-0.25, -0.2) is 0 Å². The van der Waals surface area contributed by atoms with Gasteiger partial charge in [0.15, 0.2) is 0 Å². The fourth-order valence-electron chi connectivity index (χ4n) is 1.71. The number of nitriles is 1. The van der Waals surface area contributed by atoms with Crippen LogP contribution in [0.3, 0.4) is 0 Å². The van der Waals surface area contributed by atoms with Crippen LogP contribution in [0.25, 0.3) is 0 Å². The number of carbonyl (C=O) groups excluding carboxylic acids is 1. The average Bonchev–Trinajstić information content (AvgIpc) is 2.54. The topological polar surface area (TPSA) is 59.4 Å². The molecular weight excluding hydrogens is 204 g/mol. The second kappa shape index (κ2) is 7.20. The van der Waals surface area contributed by atoms with Gasteiger partial charge in [-0.1, -0.05) is 0 Å². The lowest BCUT2D eigenvalue weighted by Gasteiger charge is -2.22. The first kappa shape index (κ1) is 12.9. The summed E-state index contributed by atoms with van der Waals surface area (Å²) < 4.78 is 0. The van der Waals surface area contributed by atoms with Gasteiger partial charge in [0, 0.05) is 26.7 Å². The van der Waals surface area contributed by atoms with E-state index in [-0.39, 0.29) is 5.91 Å². The van der Waals surface area contributed by atoms with Crippen molar-refractivity contribution in [2.45, 2.75) is 12.8 Å². The summed E-state index contributed by atoms with van der Waals surface area (Å²) in [6.07, 6.45) is 1.50. The first-order chi connectivity index (χ1) is 7.74. The van der Waals surface area contributed by atoms with Gasteiger partial charge in [0.2, 0.25) is 5.91 Å². The van der Waals surface area contributed by atoms with Crippen LogP contribution in [0.4, 0.5) is 0 Å². The molecule has 90 valence electrons. The molecule has 1 aliphatic rings. The largest absolute Gasteiger partial charge is 0.344 e. The highest BCUT2D eigenvalue weighted by Crippen LogP contribution is 1.97. The molecule has 0 spiro atoms. The van der Waals surface area contributed by atoms with Crippen molar-refractivity contribution in [2.24, 2.45) is 0 Å². The molecule has 1 fully saturated rings. The van der Waals surface area contributed by atoms with E-state index in [1.54, 1.807) is 11.9 Å². The van der Waals surface area contributed by atoms with Crippen LogP contribution in [-0.2, 0) is 4.79 Å². The lowest BCUT2D eigenvalue weighted by molar-refractivity contribution is -0.131. The minimum absolute atomic E-state index is 0.108. The number of hydrogen-bond acceptors (Lipinski definition) is 4. The number of likely N-dealkylation sites (N-methyl/N-ethyl adjacent to an activating group) is 1. The minimum atomic E-state index is 0.108. The Balaban J connectivity index is 2.28. The van der Waals surface area contributed by atoms with Gasteiger partial charge in [0.1, 0.15) is 0 Å². The zero-order chi connectivity index (χ0) is 11.8. The molecule has 1 amide bonds. The van der Waals surface area contributed by atoms with E-state index >= 15 is 0 Å². The standard InChI is InChI=1S/C11H20N4O/c1-14(7-2-4-12)11(16)10-15-8-3-5-13-6-9-15/h13H,2-3,5-10H2,1H3. The number of carbonyl (C=O) groups is 1. The Morgan fingerprint density at radius 1 is 1.50 bits per heavy atom. The molecule has 0 radical (unpaired) electrons. The van der Waals surface area contributed by atoms with Crippen LogP contribution in [-0.4, -0.2) is 62.0 Å². The summed E-state index contributed by atoms with van der Waals surface area (Å²) in [7, 11) is 1.76. The van der Waals surface area contributed by atoms with E-state index in [9.17, 15) is 4.79 Å². The Bertz CT molecular complexity index is 253. The Kier molecular flexibility index (Phi) is 5.83. The van der Waals surface area contributed by atoms with Gasteiger partial charge in [0.05, 0.1) is 19.0 Å². The zero-order valence-corrected chi connectivity index (χ0v) is 9.91. The Labute approximate surface area is 97.0 Å². The van der Waals surface area contributed by atoms with Crippen LogP contribution in [0.15, 0.2) is 0 Å². The van der Waals surface area contributed by atoms with Crippen molar-refractivity contribution in [2.75, 3.05) is 46.3 Å². The maximum absolute atomic E-state index is 11.8. The van der Waals surface area contributed by atoms with Crippen LogP contribution in [0.2, 0.25) is 0 Å². The summed E-state index contributed by atoms with van der Waals surface area (Å²) in [5, 5.41) is 11.8. The van der Waals surface area contributed by atoms with Crippen molar-refractivity contribution < 1.29 is 4.79 Å². The van der Waals surface area contributed by atoms with Gasteiger partial charge >= 0.3 is 0 Å². The predicted molar refractivity (Wildman–Crippen MR) is 61.8 cm³/mol. The molecule has 0 unspecified atom stereocenters. The third kappa shape index (κ3) is 4.60. The van der Waals surface area contributed by atoms with Gasteiger partial charge in [-0.15, -0.1) is 0 Å². The molecule has 16 heavy (non-hydrogen) atoms. The van der Waals surface area contributed by atoms with Gasteiger partial charge in [0.25, 0.3) is 0 Å². The smallest absolute Gasteiger partial charge is 0.236 e. The van der Waals surface area contributed by atoms with E-state index in [2.05, 4.69) is 10.2 Å². The van der Waals surface area contributed by atoms with E-state index < -0.39 is 0 Å². The fourth-order valence-corrected chi connectivity index (χ4v) is 1.71. The van der Waals surface area contributed by atoms with Crippen molar-refractivity contribution in [3.05, 3.63) is 0 Å². The van der Waals surface area contributed by atoms with E-state index in [1.807, 2.05) is 6.07 Å². The molecule has 0 bridgehead atoms. The summed E-state index contributed by atoms with van der Waals surface area (Å²) in [5.74, 6) is 0.108. The summed E-state index contributed by atoms with van der Waals surface area (Å²) in [6, 6.07) is 2.05. The van der Waals surface area contributed by atoms with E-state index in [1.165, 1.54) is 0 Å². The molecule has 0 aliphatic carbocycles. The van der Waals surface area contributed by atoms with E-state index in [0.717, 1.165) is 32.6 Å². The van der Waals surface area contributed by atoms with Gasteiger partial charge in [-0.05, 0) is 19.5 Å². The molecule has 1 saturated heterocycles. The van der Waals surface area contributed by atoms with Crippen LogP contribution in [0.5, 0.6) is 0 Å². The van der Waals surface area contributed by atoms with Crippen molar-refractivity contribution in [3.63, 3.8) is 0 Å². The lowest BCUT2D eigenvalue weighted by Crippen LogP contribution is -2.40. The number of hydrogen-bond donors (Lipinski definition) is 1. The van der Waals surface area contributed by atoms with Crippen molar-refractivity contribution >= 4 is 5.91 Å². The van der Waals surface area contributed by atoms with Crippen LogP contribution in [0, 0.1) is 11.3 Å². The molecule has 1 heterocycles. The lowest BCUT2D eigenvalue weighted by atomic mass is 10.3. The second-order valence-electron chi connectivity index (χ2n) is 4.10. The third-order valence-corrected chi connectivity index (χ3v) is 2.78. The van der Waals surface area contributed by atoms with Crippen molar-refractivity contribution in [1.82, 2.24) is 15.1 Å². The van der Waals surface area contributed by atoms with Gasteiger partial charge < -0.3 is 10.2 Å². The van der Waals surface area contributed by atoms with Crippen LogP contribution < -0.4 is 5.32 Å². The molecule has 0 atom stereocenters. The summed E-state index contributed by atoms with van der Waals surface area (Å²) in [6.45, 7) is 4.90. The fraction of sp³-hybridized carbons (Fsp3) is 0.818. The van der Waals surface area contributed by atoms with Crippen molar-refractivity contribution in [1.29, 1.82) is 5.26 Å². The molecule has 0 aromatic carbocycles. The molecular formula is C11H20N4O. The SMILES string of the molecule is CN(CCC#N)C(=O)CN1CCCNCC1. The van der Waals surface area contributed by atoms with Gasteiger partial charge in [-0.2, -0.15) is 5.26 Å². The molecule has 0 aromatic heterocycles. The molecule has 5 nitrogen and oxygen atoms in total. The number of rotatable bonds is 4. The first-order valence-corrected chi connectivity index (χ1v) is 5.78. The highest BCUT2D eigenvalue weighted by atomic mass is 16.2. The monoisotopic (exact) mass is 224 g/mol. The first-order valence-electron chi connectivity index (χ1n) is 5.78. The van der Waals surface area contributed by atoms with Crippen LogP contribution >= 0.6 is 0 Å². The summed E-state index contributed by atoms with van der Waals surface area (Å²) in [4.78, 5) is 15.6. The quantitative estimate of drug-likeness (QED) is 0.709. The van der Waals surface area contributed by atoms with Crippen molar-refractivity contribution in [3.8, 4) is 6.07 Å². The zero-order valence-electron chi connectivity index (χ0n) is 9.91. The number of nitrogens with one attached hydrogen (secondary N) is 1. The maximum Gasteiger partial charge on any atom is 0.236 e. The molecule has 0 saturated carbocycles. The molecule has 1 aliphatic heterocycles. The highest BCUT2D eigenvalue weighted by molar-refractivity contribution is 5.78. The molecule has 1 rings (SSSR count). The van der Waals surface area contributed by atoms with E-state index in [0.29, 0.717) is 19.5 Å². The molecule has 5 heteroatoms. The molecule has 1 N–H and O–H groups in total. The van der Waals surface area contributed by atoms with E-state index in [4.69, 9.17) is 5.26 Å². The summed E-state index contributed by atoms with van der Waals surface area (Å²) in [5.41, 5.74) is 0.